The van der Waals surface area contributed by atoms with Crippen LogP contribution < -0.4 is 5.56 Å². The topological polar surface area (TPSA) is 93.1 Å². The number of aromatic amines is 1. The number of likely N-dealkylation sites (tertiary alicyclic amines) is 1. The summed E-state index contributed by atoms with van der Waals surface area (Å²) < 4.78 is 7.73. The molecule has 1 N–H and O–H groups in total. The Morgan fingerprint density at radius 1 is 1.18 bits per heavy atom. The average molecular weight is 377 g/mol. The molecule has 1 saturated heterocycles. The standard InChI is InChI=1S/C20H19N5O3/c26-19-15(6-7-16(22-19)13-4-2-1-3-5-13)20(27)24-9-8-18-17(11-24)25-14(12-28-18)10-21-23-25/h1-7,10,17-18H,8-9,11-12H2,(H,22,26)/t17-,18-/m0/s1. The van der Waals surface area contributed by atoms with E-state index in [9.17, 15) is 9.59 Å². The number of H-pyrrole nitrogens is 1. The zero-order valence-corrected chi connectivity index (χ0v) is 15.1. The molecule has 1 amide bonds. The molecule has 0 spiro atoms. The molecule has 28 heavy (non-hydrogen) atoms. The minimum absolute atomic E-state index is 0.0111. The van der Waals surface area contributed by atoms with E-state index in [-0.39, 0.29) is 29.2 Å². The molecule has 3 aromatic rings. The zero-order valence-electron chi connectivity index (χ0n) is 15.1. The number of nitrogens with one attached hydrogen (secondary N) is 1. The summed E-state index contributed by atoms with van der Waals surface area (Å²) in [7, 11) is 0. The fraction of sp³-hybridized carbons (Fsp3) is 0.300. The van der Waals surface area contributed by atoms with Crippen LogP contribution in [0, 0.1) is 0 Å². The van der Waals surface area contributed by atoms with E-state index in [1.807, 2.05) is 35.0 Å². The Morgan fingerprint density at radius 2 is 2.04 bits per heavy atom. The molecule has 2 atom stereocenters. The highest BCUT2D eigenvalue weighted by atomic mass is 16.5. The summed E-state index contributed by atoms with van der Waals surface area (Å²) in [4.78, 5) is 30.1. The molecule has 8 heteroatoms. The Labute approximate surface area is 160 Å². The second-order valence-electron chi connectivity index (χ2n) is 7.11. The van der Waals surface area contributed by atoms with Crippen molar-refractivity contribution < 1.29 is 9.53 Å². The van der Waals surface area contributed by atoms with Gasteiger partial charge in [-0.15, -0.1) is 5.10 Å². The van der Waals surface area contributed by atoms with Crippen LogP contribution in [0.25, 0.3) is 11.3 Å². The summed E-state index contributed by atoms with van der Waals surface area (Å²) in [5.74, 6) is -0.272. The van der Waals surface area contributed by atoms with E-state index in [4.69, 9.17) is 4.74 Å². The van der Waals surface area contributed by atoms with Gasteiger partial charge in [-0.2, -0.15) is 0 Å². The van der Waals surface area contributed by atoms with Crippen LogP contribution in [-0.4, -0.2) is 50.0 Å². The van der Waals surface area contributed by atoms with Crippen LogP contribution >= 0.6 is 0 Å². The van der Waals surface area contributed by atoms with E-state index in [2.05, 4.69) is 15.3 Å². The molecule has 0 bridgehead atoms. The van der Waals surface area contributed by atoms with Crippen LogP contribution in [0.15, 0.2) is 53.5 Å². The van der Waals surface area contributed by atoms with Crippen LogP contribution in [0.4, 0.5) is 0 Å². The number of piperidine rings is 1. The van der Waals surface area contributed by atoms with E-state index in [1.54, 1.807) is 23.2 Å². The number of ether oxygens (including phenoxy) is 1. The molecule has 2 aliphatic rings. The van der Waals surface area contributed by atoms with Gasteiger partial charge in [-0.25, -0.2) is 4.68 Å². The number of pyridine rings is 1. The largest absolute Gasteiger partial charge is 0.370 e. The number of carbonyl (C=O) groups is 1. The number of rotatable bonds is 2. The first-order chi connectivity index (χ1) is 13.7. The van der Waals surface area contributed by atoms with Crippen molar-refractivity contribution in [3.63, 3.8) is 0 Å². The molecule has 0 unspecified atom stereocenters. The smallest absolute Gasteiger partial charge is 0.261 e. The second kappa shape index (κ2) is 6.72. The molecule has 142 valence electrons. The molecule has 0 saturated carbocycles. The van der Waals surface area contributed by atoms with Crippen molar-refractivity contribution >= 4 is 5.91 Å². The maximum absolute atomic E-state index is 13.0. The number of hydrogen-bond donors (Lipinski definition) is 1. The van der Waals surface area contributed by atoms with Gasteiger partial charge in [-0.05, 0) is 24.1 Å². The van der Waals surface area contributed by atoms with Crippen molar-refractivity contribution in [2.45, 2.75) is 25.2 Å². The minimum atomic E-state index is -0.380. The lowest BCUT2D eigenvalue weighted by atomic mass is 9.99. The van der Waals surface area contributed by atoms with Crippen LogP contribution in [0.2, 0.25) is 0 Å². The van der Waals surface area contributed by atoms with Crippen molar-refractivity contribution in [3.8, 4) is 11.3 Å². The number of fused-ring (bicyclic) bond motifs is 3. The highest BCUT2D eigenvalue weighted by Crippen LogP contribution is 2.30. The summed E-state index contributed by atoms with van der Waals surface area (Å²) in [6.45, 7) is 1.48. The first kappa shape index (κ1) is 16.9. The van der Waals surface area contributed by atoms with Crippen molar-refractivity contribution in [2.24, 2.45) is 0 Å². The van der Waals surface area contributed by atoms with Gasteiger partial charge in [-0.3, -0.25) is 9.59 Å². The number of nitrogens with zero attached hydrogens (tertiary/aromatic N) is 4. The Balaban J connectivity index is 1.39. The predicted octanol–water partition coefficient (Wildman–Crippen LogP) is 1.62. The number of benzene rings is 1. The van der Waals surface area contributed by atoms with Crippen molar-refractivity contribution in [1.82, 2.24) is 24.9 Å². The van der Waals surface area contributed by atoms with Gasteiger partial charge >= 0.3 is 0 Å². The van der Waals surface area contributed by atoms with Crippen LogP contribution in [-0.2, 0) is 11.3 Å². The van der Waals surface area contributed by atoms with Crippen molar-refractivity contribution in [3.05, 3.63) is 70.3 Å². The third-order valence-electron chi connectivity index (χ3n) is 5.44. The van der Waals surface area contributed by atoms with Gasteiger partial charge in [0.25, 0.3) is 11.5 Å². The molecule has 0 aliphatic carbocycles. The molecule has 5 rings (SSSR count). The summed E-state index contributed by atoms with van der Waals surface area (Å²) in [6.07, 6.45) is 2.40. The summed E-state index contributed by atoms with van der Waals surface area (Å²) in [5, 5.41) is 8.10. The van der Waals surface area contributed by atoms with Crippen LogP contribution in [0.1, 0.15) is 28.5 Å². The number of hydrogen-bond acceptors (Lipinski definition) is 5. The lowest BCUT2D eigenvalue weighted by Gasteiger charge is -2.40. The fourth-order valence-corrected chi connectivity index (χ4v) is 3.96. The molecule has 2 aromatic heterocycles. The maximum atomic E-state index is 13.0. The third kappa shape index (κ3) is 2.82. The van der Waals surface area contributed by atoms with Gasteiger partial charge in [0.15, 0.2) is 0 Å². The van der Waals surface area contributed by atoms with Gasteiger partial charge in [0.1, 0.15) is 5.56 Å². The zero-order chi connectivity index (χ0) is 19.1. The van der Waals surface area contributed by atoms with Gasteiger partial charge in [-0.1, -0.05) is 35.5 Å². The predicted molar refractivity (Wildman–Crippen MR) is 101 cm³/mol. The third-order valence-corrected chi connectivity index (χ3v) is 5.44. The fourth-order valence-electron chi connectivity index (χ4n) is 3.96. The maximum Gasteiger partial charge on any atom is 0.261 e. The van der Waals surface area contributed by atoms with Gasteiger partial charge < -0.3 is 14.6 Å². The molecule has 0 radical (unpaired) electrons. The Kier molecular flexibility index (Phi) is 4.05. The Morgan fingerprint density at radius 3 is 2.86 bits per heavy atom. The molecule has 2 aliphatic heterocycles. The first-order valence-corrected chi connectivity index (χ1v) is 9.29. The first-order valence-electron chi connectivity index (χ1n) is 9.29. The molecule has 1 aromatic carbocycles. The molecule has 8 nitrogen and oxygen atoms in total. The average Bonchev–Trinajstić information content (AvgIpc) is 3.23. The Bertz CT molecular complexity index is 1070. The van der Waals surface area contributed by atoms with Crippen LogP contribution in [0.3, 0.4) is 0 Å². The Hall–Kier alpha value is -3.26. The molecular weight excluding hydrogens is 358 g/mol. The lowest BCUT2D eigenvalue weighted by Crippen LogP contribution is -2.50. The number of aromatic nitrogens is 4. The monoisotopic (exact) mass is 377 g/mol. The quantitative estimate of drug-likeness (QED) is 0.733. The van der Waals surface area contributed by atoms with Gasteiger partial charge in [0, 0.05) is 18.8 Å². The SMILES string of the molecule is O=C(c1ccc(-c2ccccc2)[nH]c1=O)N1CC[C@@H]2OCc3cnnn3[C@H]2C1. The highest BCUT2D eigenvalue weighted by molar-refractivity contribution is 5.94. The van der Waals surface area contributed by atoms with Crippen LogP contribution in [0.5, 0.6) is 0 Å². The summed E-state index contributed by atoms with van der Waals surface area (Å²) >= 11 is 0. The van der Waals surface area contributed by atoms with E-state index < -0.39 is 0 Å². The van der Waals surface area contributed by atoms with E-state index in [0.29, 0.717) is 31.8 Å². The number of amides is 1. The van der Waals surface area contributed by atoms with Crippen molar-refractivity contribution in [1.29, 1.82) is 0 Å². The van der Waals surface area contributed by atoms with Crippen molar-refractivity contribution in [2.75, 3.05) is 13.1 Å². The van der Waals surface area contributed by atoms with Gasteiger partial charge in [0.05, 0.1) is 30.6 Å². The van der Waals surface area contributed by atoms with E-state index >= 15 is 0 Å². The second-order valence-corrected chi connectivity index (χ2v) is 7.11. The minimum Gasteiger partial charge on any atom is -0.370 e. The van der Waals surface area contributed by atoms with E-state index in [1.165, 1.54) is 0 Å². The summed E-state index contributed by atoms with van der Waals surface area (Å²) in [6, 6.07) is 12.9. The lowest BCUT2D eigenvalue weighted by molar-refractivity contribution is -0.0605. The number of carbonyl (C=O) groups excluding carboxylic acids is 1. The van der Waals surface area contributed by atoms with E-state index in [0.717, 1.165) is 11.3 Å². The molecular formula is C20H19N5O3. The highest BCUT2D eigenvalue weighted by Gasteiger charge is 2.38. The molecule has 4 heterocycles. The molecule has 1 fully saturated rings. The summed E-state index contributed by atoms with van der Waals surface area (Å²) in [5.41, 5.74) is 2.26. The normalized spacial score (nSPS) is 21.1. The van der Waals surface area contributed by atoms with Gasteiger partial charge in [0.2, 0.25) is 0 Å².